The predicted molar refractivity (Wildman–Crippen MR) is 96.5 cm³/mol. The third-order valence-corrected chi connectivity index (χ3v) is 4.42. The Hall–Kier alpha value is -3.26. The molecule has 8 heteroatoms. The smallest absolute Gasteiger partial charge is 0.317 e. The van der Waals surface area contributed by atoms with Crippen molar-refractivity contribution in [3.8, 4) is 22.1 Å². The maximum Gasteiger partial charge on any atom is 0.317 e. The zero-order chi connectivity index (χ0) is 18.5. The molecule has 0 amide bonds. The first-order valence-corrected chi connectivity index (χ1v) is 8.47. The largest absolute Gasteiger partial charge is 0.496 e. The fourth-order valence-corrected chi connectivity index (χ4v) is 3.09. The van der Waals surface area contributed by atoms with Gasteiger partial charge in [-0.15, -0.1) is 11.3 Å². The number of carbonyl (C=O) groups excluding carboxylic acids is 1. The SMILES string of the molecule is COc1ccc(OC(=O)Cc2csc(-c3ccccc3)n2)c([N+](=O)[O-])c1. The van der Waals surface area contributed by atoms with Gasteiger partial charge < -0.3 is 9.47 Å². The minimum absolute atomic E-state index is 0.0769. The first-order chi connectivity index (χ1) is 12.6. The molecule has 2 aromatic carbocycles. The summed E-state index contributed by atoms with van der Waals surface area (Å²) in [6.07, 6.45) is -0.0769. The van der Waals surface area contributed by atoms with Crippen LogP contribution in [0.1, 0.15) is 5.69 Å². The number of nitro benzene ring substituents is 1. The predicted octanol–water partition coefficient (Wildman–Crippen LogP) is 3.88. The number of hydrogen-bond donors (Lipinski definition) is 0. The number of aromatic nitrogens is 1. The van der Waals surface area contributed by atoms with Crippen LogP contribution in [0.4, 0.5) is 5.69 Å². The normalized spacial score (nSPS) is 10.3. The summed E-state index contributed by atoms with van der Waals surface area (Å²) in [5, 5.41) is 13.7. The number of thiazole rings is 1. The van der Waals surface area contributed by atoms with Crippen molar-refractivity contribution in [1.82, 2.24) is 4.98 Å². The number of carbonyl (C=O) groups is 1. The number of nitro groups is 1. The van der Waals surface area contributed by atoms with Crippen LogP contribution in [0.3, 0.4) is 0 Å². The van der Waals surface area contributed by atoms with Gasteiger partial charge >= 0.3 is 11.7 Å². The summed E-state index contributed by atoms with van der Waals surface area (Å²) in [4.78, 5) is 27.1. The Labute approximate surface area is 153 Å². The van der Waals surface area contributed by atoms with Crippen LogP contribution in [0.25, 0.3) is 10.6 Å². The van der Waals surface area contributed by atoms with Crippen LogP contribution >= 0.6 is 11.3 Å². The second kappa shape index (κ2) is 7.75. The van der Waals surface area contributed by atoms with Gasteiger partial charge in [-0.25, -0.2) is 4.98 Å². The van der Waals surface area contributed by atoms with Gasteiger partial charge in [0, 0.05) is 10.9 Å². The molecule has 132 valence electrons. The topological polar surface area (TPSA) is 91.6 Å². The van der Waals surface area contributed by atoms with Crippen LogP contribution in [-0.4, -0.2) is 23.0 Å². The van der Waals surface area contributed by atoms with Crippen molar-refractivity contribution >= 4 is 23.0 Å². The van der Waals surface area contributed by atoms with E-state index in [0.29, 0.717) is 11.4 Å². The van der Waals surface area contributed by atoms with Gasteiger partial charge in [0.25, 0.3) is 0 Å². The lowest BCUT2D eigenvalue weighted by Gasteiger charge is -2.06. The second-order valence-electron chi connectivity index (χ2n) is 5.25. The molecule has 0 spiro atoms. The molecular formula is C18H14N2O5S. The second-order valence-corrected chi connectivity index (χ2v) is 6.11. The number of esters is 1. The maximum absolute atomic E-state index is 12.1. The van der Waals surface area contributed by atoms with Crippen molar-refractivity contribution in [3.63, 3.8) is 0 Å². The van der Waals surface area contributed by atoms with E-state index < -0.39 is 10.9 Å². The van der Waals surface area contributed by atoms with Crippen LogP contribution in [0.15, 0.2) is 53.9 Å². The lowest BCUT2D eigenvalue weighted by atomic mass is 10.2. The molecule has 0 fully saturated rings. The Kier molecular flexibility index (Phi) is 5.23. The first-order valence-electron chi connectivity index (χ1n) is 7.60. The van der Waals surface area contributed by atoms with Gasteiger partial charge in [-0.05, 0) is 12.1 Å². The summed E-state index contributed by atoms with van der Waals surface area (Å²) in [5.74, 6) is -0.439. The fourth-order valence-electron chi connectivity index (χ4n) is 2.26. The number of hydrogen-bond acceptors (Lipinski definition) is 7. The summed E-state index contributed by atoms with van der Waals surface area (Å²) < 4.78 is 10.1. The quantitative estimate of drug-likeness (QED) is 0.283. The molecule has 0 N–H and O–H groups in total. The molecule has 0 atom stereocenters. The van der Waals surface area contributed by atoms with E-state index in [0.717, 1.165) is 10.6 Å². The minimum Gasteiger partial charge on any atom is -0.496 e. The number of rotatable bonds is 6. The molecule has 0 saturated heterocycles. The van der Waals surface area contributed by atoms with E-state index in [4.69, 9.17) is 9.47 Å². The maximum atomic E-state index is 12.1. The van der Waals surface area contributed by atoms with E-state index in [9.17, 15) is 14.9 Å². The van der Waals surface area contributed by atoms with Crippen molar-refractivity contribution in [3.05, 3.63) is 69.7 Å². The monoisotopic (exact) mass is 370 g/mol. The molecule has 3 rings (SSSR count). The lowest BCUT2D eigenvalue weighted by molar-refractivity contribution is -0.385. The third-order valence-electron chi connectivity index (χ3n) is 3.48. The summed E-state index contributed by atoms with van der Waals surface area (Å²) in [5.41, 5.74) is 1.18. The van der Waals surface area contributed by atoms with Gasteiger partial charge in [-0.2, -0.15) is 0 Å². The van der Waals surface area contributed by atoms with E-state index in [1.165, 1.54) is 36.6 Å². The van der Waals surface area contributed by atoms with Crippen LogP contribution in [-0.2, 0) is 11.2 Å². The zero-order valence-corrected chi connectivity index (χ0v) is 14.6. The minimum atomic E-state index is -0.624. The van der Waals surface area contributed by atoms with Crippen LogP contribution < -0.4 is 9.47 Å². The van der Waals surface area contributed by atoms with Gasteiger partial charge in [0.15, 0.2) is 0 Å². The highest BCUT2D eigenvalue weighted by Crippen LogP contribution is 2.31. The van der Waals surface area contributed by atoms with Gasteiger partial charge in [-0.1, -0.05) is 30.3 Å². The molecule has 0 aliphatic carbocycles. The Balaban J connectivity index is 1.72. The lowest BCUT2D eigenvalue weighted by Crippen LogP contribution is -2.12. The Bertz CT molecular complexity index is 940. The van der Waals surface area contributed by atoms with E-state index in [-0.39, 0.29) is 17.9 Å². The van der Waals surface area contributed by atoms with Crippen LogP contribution in [0, 0.1) is 10.1 Å². The number of methoxy groups -OCH3 is 1. The van der Waals surface area contributed by atoms with Crippen molar-refractivity contribution in [2.24, 2.45) is 0 Å². The average Bonchev–Trinajstić information content (AvgIpc) is 3.11. The number of benzene rings is 2. The molecular weight excluding hydrogens is 356 g/mol. The van der Waals surface area contributed by atoms with Gasteiger partial charge in [0.2, 0.25) is 5.75 Å². The molecule has 7 nitrogen and oxygen atoms in total. The zero-order valence-electron chi connectivity index (χ0n) is 13.7. The molecule has 0 aliphatic heterocycles. The molecule has 0 bridgehead atoms. The van der Waals surface area contributed by atoms with E-state index >= 15 is 0 Å². The van der Waals surface area contributed by atoms with Crippen molar-refractivity contribution in [2.75, 3.05) is 7.11 Å². The van der Waals surface area contributed by atoms with Crippen molar-refractivity contribution in [1.29, 1.82) is 0 Å². The molecule has 26 heavy (non-hydrogen) atoms. The Morgan fingerprint density at radius 2 is 2.00 bits per heavy atom. The van der Waals surface area contributed by atoms with Crippen molar-refractivity contribution < 1.29 is 19.2 Å². The van der Waals surface area contributed by atoms with Crippen LogP contribution in [0.2, 0.25) is 0 Å². The number of ether oxygens (including phenoxy) is 2. The highest BCUT2D eigenvalue weighted by atomic mass is 32.1. The molecule has 3 aromatic rings. The number of nitrogens with zero attached hydrogens (tertiary/aromatic N) is 2. The Morgan fingerprint density at radius 3 is 2.69 bits per heavy atom. The van der Waals surface area contributed by atoms with Gasteiger partial charge in [-0.3, -0.25) is 14.9 Å². The molecule has 0 unspecified atom stereocenters. The molecule has 1 aromatic heterocycles. The first kappa shape index (κ1) is 17.6. The average molecular weight is 370 g/mol. The summed E-state index contributed by atoms with van der Waals surface area (Å²) in [6, 6.07) is 13.6. The Morgan fingerprint density at radius 1 is 1.23 bits per heavy atom. The van der Waals surface area contributed by atoms with Crippen molar-refractivity contribution in [2.45, 2.75) is 6.42 Å². The molecule has 0 saturated carbocycles. The molecule has 0 radical (unpaired) electrons. The standard InChI is InChI=1S/C18H14N2O5S/c1-24-14-7-8-16(15(10-14)20(22)23)25-17(21)9-13-11-26-18(19-13)12-5-3-2-4-6-12/h2-8,10-11H,9H2,1H3. The third kappa shape index (κ3) is 4.04. The summed E-state index contributed by atoms with van der Waals surface area (Å²) >= 11 is 1.42. The summed E-state index contributed by atoms with van der Waals surface area (Å²) in [7, 11) is 1.40. The van der Waals surface area contributed by atoms with Gasteiger partial charge in [0.05, 0.1) is 30.2 Å². The summed E-state index contributed by atoms with van der Waals surface area (Å²) in [6.45, 7) is 0. The molecule has 1 heterocycles. The van der Waals surface area contributed by atoms with E-state index in [2.05, 4.69) is 4.98 Å². The van der Waals surface area contributed by atoms with Crippen LogP contribution in [0.5, 0.6) is 11.5 Å². The van der Waals surface area contributed by atoms with Gasteiger partial charge in [0.1, 0.15) is 10.8 Å². The highest BCUT2D eigenvalue weighted by Gasteiger charge is 2.20. The van der Waals surface area contributed by atoms with E-state index in [1.54, 1.807) is 5.38 Å². The fraction of sp³-hybridized carbons (Fsp3) is 0.111. The highest BCUT2D eigenvalue weighted by molar-refractivity contribution is 7.13. The van der Waals surface area contributed by atoms with E-state index in [1.807, 2.05) is 30.3 Å². The molecule has 0 aliphatic rings.